The van der Waals surface area contributed by atoms with E-state index in [2.05, 4.69) is 10.3 Å². The number of rotatable bonds is 3. The molecule has 1 aliphatic rings. The van der Waals surface area contributed by atoms with E-state index in [1.54, 1.807) is 4.90 Å². The number of carbonyl (C=O) groups is 2. The summed E-state index contributed by atoms with van der Waals surface area (Å²) in [6, 6.07) is 2.01. The van der Waals surface area contributed by atoms with Crippen molar-refractivity contribution in [2.75, 3.05) is 13.1 Å². The quantitative estimate of drug-likeness (QED) is 0.922. The number of imidazole rings is 1. The van der Waals surface area contributed by atoms with Crippen LogP contribution in [-0.4, -0.2) is 45.4 Å². The molecule has 0 radical (unpaired) electrons. The summed E-state index contributed by atoms with van der Waals surface area (Å²) in [5.41, 5.74) is 0.675. The first-order chi connectivity index (χ1) is 11.4. The molecular formula is C16H18F2N4O2. The van der Waals surface area contributed by atoms with Gasteiger partial charge in [-0.05, 0) is 12.8 Å². The molecule has 1 fully saturated rings. The average molecular weight is 336 g/mol. The third-order valence-electron chi connectivity index (χ3n) is 4.15. The van der Waals surface area contributed by atoms with E-state index in [9.17, 15) is 18.4 Å². The first kappa shape index (κ1) is 16.4. The van der Waals surface area contributed by atoms with Crippen molar-refractivity contribution in [3.05, 3.63) is 30.1 Å². The third kappa shape index (κ3) is 3.37. The van der Waals surface area contributed by atoms with Crippen LogP contribution in [0.2, 0.25) is 0 Å². The maximum atomic E-state index is 13.4. The normalized spacial score (nSPS) is 18.0. The number of piperidine rings is 1. The summed E-state index contributed by atoms with van der Waals surface area (Å²) in [6.07, 6.45) is 3.04. The Labute approximate surface area is 137 Å². The van der Waals surface area contributed by atoms with Gasteiger partial charge >= 0.3 is 0 Å². The minimum absolute atomic E-state index is 0.00559. The summed E-state index contributed by atoms with van der Waals surface area (Å²) in [6.45, 7) is 2.51. The summed E-state index contributed by atoms with van der Waals surface area (Å²) < 4.78 is 28.1. The largest absolute Gasteiger partial charge is 0.352 e. The molecule has 1 aromatic carbocycles. The highest BCUT2D eigenvalue weighted by Gasteiger charge is 2.24. The van der Waals surface area contributed by atoms with Crippen LogP contribution in [0.15, 0.2) is 18.5 Å². The molecule has 0 spiro atoms. The average Bonchev–Trinajstić information content (AvgIpc) is 2.89. The van der Waals surface area contributed by atoms with Crippen LogP contribution in [0.3, 0.4) is 0 Å². The Bertz CT molecular complexity index is 790. The minimum Gasteiger partial charge on any atom is -0.352 e. The third-order valence-corrected chi connectivity index (χ3v) is 4.15. The summed E-state index contributed by atoms with van der Waals surface area (Å²) in [5.74, 6) is -2.20. The molecule has 0 saturated carbocycles. The highest BCUT2D eigenvalue weighted by atomic mass is 19.2. The predicted molar refractivity (Wildman–Crippen MR) is 83.1 cm³/mol. The van der Waals surface area contributed by atoms with Crippen molar-refractivity contribution in [1.82, 2.24) is 19.8 Å². The van der Waals surface area contributed by atoms with Gasteiger partial charge in [-0.15, -0.1) is 0 Å². The molecule has 1 aromatic heterocycles. The lowest BCUT2D eigenvalue weighted by molar-refractivity contribution is -0.134. The second kappa shape index (κ2) is 6.54. The van der Waals surface area contributed by atoms with Crippen LogP contribution in [-0.2, 0) is 16.1 Å². The van der Waals surface area contributed by atoms with E-state index in [0.717, 1.165) is 25.0 Å². The van der Waals surface area contributed by atoms with E-state index in [1.165, 1.54) is 17.8 Å². The molecule has 2 heterocycles. The summed E-state index contributed by atoms with van der Waals surface area (Å²) >= 11 is 0. The van der Waals surface area contributed by atoms with E-state index in [-0.39, 0.29) is 24.4 Å². The van der Waals surface area contributed by atoms with Crippen molar-refractivity contribution in [2.45, 2.75) is 32.4 Å². The molecule has 8 heteroatoms. The molecule has 0 aliphatic carbocycles. The van der Waals surface area contributed by atoms with Gasteiger partial charge in [0.05, 0.1) is 17.4 Å². The van der Waals surface area contributed by atoms with Crippen molar-refractivity contribution in [1.29, 1.82) is 0 Å². The van der Waals surface area contributed by atoms with Gasteiger partial charge in [0.25, 0.3) is 0 Å². The topological polar surface area (TPSA) is 67.2 Å². The summed E-state index contributed by atoms with van der Waals surface area (Å²) in [5, 5.41) is 2.83. The van der Waals surface area contributed by atoms with Gasteiger partial charge < -0.3 is 14.8 Å². The lowest BCUT2D eigenvalue weighted by Gasteiger charge is -2.33. The summed E-state index contributed by atoms with van der Waals surface area (Å²) in [4.78, 5) is 29.3. The Morgan fingerprint density at radius 2 is 2.08 bits per heavy atom. The van der Waals surface area contributed by atoms with Crippen LogP contribution in [0.1, 0.15) is 19.8 Å². The fraction of sp³-hybridized carbons (Fsp3) is 0.438. The van der Waals surface area contributed by atoms with Gasteiger partial charge in [0.15, 0.2) is 11.6 Å². The number of likely N-dealkylation sites (tertiary alicyclic amines) is 1. The van der Waals surface area contributed by atoms with E-state index < -0.39 is 11.6 Å². The molecule has 24 heavy (non-hydrogen) atoms. The van der Waals surface area contributed by atoms with Gasteiger partial charge in [-0.25, -0.2) is 13.8 Å². The zero-order valence-electron chi connectivity index (χ0n) is 13.3. The molecule has 1 atom stereocenters. The lowest BCUT2D eigenvalue weighted by Crippen LogP contribution is -2.49. The first-order valence-corrected chi connectivity index (χ1v) is 7.79. The van der Waals surface area contributed by atoms with Crippen LogP contribution >= 0.6 is 0 Å². The van der Waals surface area contributed by atoms with Crippen molar-refractivity contribution in [3.63, 3.8) is 0 Å². The molecule has 6 nitrogen and oxygen atoms in total. The Morgan fingerprint density at radius 3 is 2.83 bits per heavy atom. The number of aromatic nitrogens is 2. The molecule has 128 valence electrons. The van der Waals surface area contributed by atoms with E-state index >= 15 is 0 Å². The fourth-order valence-corrected chi connectivity index (χ4v) is 3.03. The van der Waals surface area contributed by atoms with Crippen LogP contribution in [0.4, 0.5) is 8.78 Å². The van der Waals surface area contributed by atoms with Gasteiger partial charge in [-0.2, -0.15) is 0 Å². The number of hydrogen-bond acceptors (Lipinski definition) is 3. The first-order valence-electron chi connectivity index (χ1n) is 7.79. The molecule has 3 rings (SSSR count). The van der Waals surface area contributed by atoms with Crippen molar-refractivity contribution < 1.29 is 18.4 Å². The molecule has 1 saturated heterocycles. The zero-order chi connectivity index (χ0) is 17.3. The number of amides is 2. The van der Waals surface area contributed by atoms with E-state index in [4.69, 9.17) is 0 Å². The highest BCUT2D eigenvalue weighted by molar-refractivity contribution is 5.81. The Morgan fingerprint density at radius 1 is 1.33 bits per heavy atom. The van der Waals surface area contributed by atoms with E-state index in [0.29, 0.717) is 24.1 Å². The molecule has 1 N–H and O–H groups in total. The van der Waals surface area contributed by atoms with E-state index in [1.807, 2.05) is 0 Å². The van der Waals surface area contributed by atoms with Gasteiger partial charge in [-0.3, -0.25) is 9.59 Å². The predicted octanol–water partition coefficient (Wildman–Crippen LogP) is 1.44. The Hall–Kier alpha value is -2.51. The molecule has 1 aliphatic heterocycles. The second-order valence-corrected chi connectivity index (χ2v) is 6.01. The number of fused-ring (bicyclic) bond motifs is 1. The van der Waals surface area contributed by atoms with Crippen LogP contribution in [0.5, 0.6) is 0 Å². The molecule has 0 bridgehead atoms. The monoisotopic (exact) mass is 336 g/mol. The number of carbonyl (C=O) groups excluding carboxylic acids is 2. The van der Waals surface area contributed by atoms with Crippen LogP contribution < -0.4 is 5.32 Å². The number of nitrogens with one attached hydrogen (secondary N) is 1. The van der Waals surface area contributed by atoms with Crippen LogP contribution in [0, 0.1) is 11.6 Å². The molecule has 1 unspecified atom stereocenters. The van der Waals surface area contributed by atoms with Crippen molar-refractivity contribution in [3.8, 4) is 0 Å². The summed E-state index contributed by atoms with van der Waals surface area (Å²) in [7, 11) is 0. The number of halogens is 2. The standard InChI is InChI=1S/C16H18F2N4O2/c1-10(23)20-11-3-2-4-21(7-11)16(24)8-22-9-19-14-5-12(17)13(18)6-15(14)22/h5-6,9,11H,2-4,7-8H2,1H3,(H,20,23). The lowest BCUT2D eigenvalue weighted by atomic mass is 10.1. The van der Waals surface area contributed by atoms with Gasteiger partial charge in [0.1, 0.15) is 6.54 Å². The second-order valence-electron chi connectivity index (χ2n) is 6.01. The van der Waals surface area contributed by atoms with Gasteiger partial charge in [-0.1, -0.05) is 0 Å². The number of nitrogens with zero attached hydrogens (tertiary/aromatic N) is 3. The smallest absolute Gasteiger partial charge is 0.242 e. The highest BCUT2D eigenvalue weighted by Crippen LogP contribution is 2.18. The molecular weight excluding hydrogens is 318 g/mol. The van der Waals surface area contributed by atoms with Gasteiger partial charge in [0.2, 0.25) is 11.8 Å². The zero-order valence-corrected chi connectivity index (χ0v) is 13.3. The van der Waals surface area contributed by atoms with Crippen molar-refractivity contribution >= 4 is 22.8 Å². The SMILES string of the molecule is CC(=O)NC1CCCN(C(=O)Cn2cnc3cc(F)c(F)cc32)C1. The molecule has 2 amide bonds. The molecule has 2 aromatic rings. The number of hydrogen-bond donors (Lipinski definition) is 1. The number of benzene rings is 1. The Balaban J connectivity index is 1.73. The van der Waals surface area contributed by atoms with Crippen molar-refractivity contribution in [2.24, 2.45) is 0 Å². The Kier molecular flexibility index (Phi) is 4.46. The minimum atomic E-state index is -0.972. The maximum absolute atomic E-state index is 13.4. The van der Waals surface area contributed by atoms with Gasteiger partial charge in [0, 0.05) is 38.2 Å². The van der Waals surface area contributed by atoms with Crippen LogP contribution in [0.25, 0.3) is 11.0 Å². The maximum Gasteiger partial charge on any atom is 0.242 e. The fourth-order valence-electron chi connectivity index (χ4n) is 3.03.